The highest BCUT2D eigenvalue weighted by molar-refractivity contribution is 7.99. The monoisotopic (exact) mass is 374 g/mol. The SMILES string of the molecule is Cl.N=C(N)N1CCCC(CN2c3ccccc3Sc3ccccc32)C1. The van der Waals surface area contributed by atoms with Gasteiger partial charge in [-0.15, -0.1) is 12.4 Å². The van der Waals surface area contributed by atoms with E-state index >= 15 is 0 Å². The Hall–Kier alpha value is -1.85. The van der Waals surface area contributed by atoms with E-state index in [1.54, 1.807) is 0 Å². The van der Waals surface area contributed by atoms with E-state index in [0.717, 1.165) is 26.1 Å². The van der Waals surface area contributed by atoms with Gasteiger partial charge in [-0.05, 0) is 43.0 Å². The first-order chi connectivity index (χ1) is 11.7. The fraction of sp³-hybridized carbons (Fsp3) is 0.316. The first kappa shape index (κ1) is 18.0. The zero-order valence-corrected chi connectivity index (χ0v) is 15.7. The van der Waals surface area contributed by atoms with Crippen molar-refractivity contribution in [1.82, 2.24) is 4.90 Å². The maximum atomic E-state index is 7.72. The van der Waals surface area contributed by atoms with Gasteiger partial charge in [0, 0.05) is 29.4 Å². The number of rotatable bonds is 2. The molecule has 1 atom stereocenters. The van der Waals surface area contributed by atoms with Crippen molar-refractivity contribution >= 4 is 41.5 Å². The standard InChI is InChI=1S/C19H22N4S.ClH/c20-19(21)22-11-5-6-14(12-22)13-23-15-7-1-3-9-17(15)24-18-10-4-2-8-16(18)23;/h1-4,7-10,14H,5-6,11-13H2,(H3,20,21);1H. The second-order valence-corrected chi connectivity index (χ2v) is 7.57. The number of para-hydroxylation sites is 2. The second kappa shape index (κ2) is 7.58. The lowest BCUT2D eigenvalue weighted by atomic mass is 9.97. The Morgan fingerprint density at radius 2 is 1.68 bits per heavy atom. The van der Waals surface area contributed by atoms with Crippen molar-refractivity contribution in [3.63, 3.8) is 0 Å². The highest BCUT2D eigenvalue weighted by atomic mass is 35.5. The summed E-state index contributed by atoms with van der Waals surface area (Å²) in [7, 11) is 0. The average molecular weight is 375 g/mol. The van der Waals surface area contributed by atoms with Gasteiger partial charge in [0.05, 0.1) is 11.4 Å². The number of piperidine rings is 1. The number of likely N-dealkylation sites (tertiary alicyclic amines) is 1. The molecular formula is C19H23ClN4S. The van der Waals surface area contributed by atoms with Gasteiger partial charge in [-0.1, -0.05) is 36.0 Å². The van der Waals surface area contributed by atoms with E-state index in [9.17, 15) is 0 Å². The Balaban J connectivity index is 0.00000182. The summed E-state index contributed by atoms with van der Waals surface area (Å²) < 4.78 is 0. The molecule has 6 heteroatoms. The first-order valence-electron chi connectivity index (χ1n) is 8.45. The predicted octanol–water partition coefficient (Wildman–Crippen LogP) is 4.32. The molecule has 2 aromatic rings. The first-order valence-corrected chi connectivity index (χ1v) is 9.26. The molecular weight excluding hydrogens is 352 g/mol. The number of hydrogen-bond acceptors (Lipinski definition) is 3. The quantitative estimate of drug-likeness (QED) is 0.607. The lowest BCUT2D eigenvalue weighted by molar-refractivity contribution is 0.259. The van der Waals surface area contributed by atoms with E-state index in [1.165, 1.54) is 27.6 Å². The molecule has 132 valence electrons. The van der Waals surface area contributed by atoms with E-state index < -0.39 is 0 Å². The minimum atomic E-state index is 0. The van der Waals surface area contributed by atoms with Crippen LogP contribution >= 0.6 is 24.2 Å². The van der Waals surface area contributed by atoms with Gasteiger partial charge in [-0.25, -0.2) is 0 Å². The topological polar surface area (TPSA) is 56.4 Å². The van der Waals surface area contributed by atoms with Gasteiger partial charge < -0.3 is 15.5 Å². The molecule has 4 nitrogen and oxygen atoms in total. The molecule has 25 heavy (non-hydrogen) atoms. The molecule has 0 aromatic heterocycles. The van der Waals surface area contributed by atoms with Gasteiger partial charge in [0.2, 0.25) is 0 Å². The van der Waals surface area contributed by atoms with Crippen LogP contribution < -0.4 is 10.6 Å². The molecule has 1 unspecified atom stereocenters. The number of nitrogens with two attached hydrogens (primary N) is 1. The number of nitrogens with one attached hydrogen (secondary N) is 1. The third kappa shape index (κ3) is 3.58. The molecule has 0 bridgehead atoms. The molecule has 3 N–H and O–H groups in total. The summed E-state index contributed by atoms with van der Waals surface area (Å²) in [5, 5.41) is 7.72. The van der Waals surface area contributed by atoms with Crippen LogP contribution in [-0.4, -0.2) is 30.5 Å². The Kier molecular flexibility index (Phi) is 5.45. The van der Waals surface area contributed by atoms with Crippen molar-refractivity contribution in [2.45, 2.75) is 22.6 Å². The number of fused-ring (bicyclic) bond motifs is 2. The molecule has 2 aromatic carbocycles. The van der Waals surface area contributed by atoms with Crippen molar-refractivity contribution in [1.29, 1.82) is 5.41 Å². The van der Waals surface area contributed by atoms with E-state index in [0.29, 0.717) is 5.92 Å². The third-order valence-corrected chi connectivity index (χ3v) is 5.96. The summed E-state index contributed by atoms with van der Waals surface area (Å²) in [5.74, 6) is 0.724. The molecule has 0 saturated carbocycles. The maximum absolute atomic E-state index is 7.72. The fourth-order valence-corrected chi connectivity index (χ4v) is 4.76. The van der Waals surface area contributed by atoms with Crippen molar-refractivity contribution in [2.24, 2.45) is 11.7 Å². The summed E-state index contributed by atoms with van der Waals surface area (Å²) in [6.45, 7) is 2.76. The summed E-state index contributed by atoms with van der Waals surface area (Å²) in [4.78, 5) is 7.09. The molecule has 0 radical (unpaired) electrons. The van der Waals surface area contributed by atoms with Crippen LogP contribution in [0.4, 0.5) is 11.4 Å². The van der Waals surface area contributed by atoms with E-state index in [1.807, 2.05) is 16.7 Å². The van der Waals surface area contributed by atoms with Crippen LogP contribution in [0.15, 0.2) is 58.3 Å². The lowest BCUT2D eigenvalue weighted by Gasteiger charge is -2.39. The van der Waals surface area contributed by atoms with Gasteiger partial charge in [0.1, 0.15) is 0 Å². The minimum Gasteiger partial charge on any atom is -0.370 e. The van der Waals surface area contributed by atoms with Crippen LogP contribution in [-0.2, 0) is 0 Å². The van der Waals surface area contributed by atoms with Crippen molar-refractivity contribution < 1.29 is 0 Å². The van der Waals surface area contributed by atoms with Gasteiger partial charge in [-0.3, -0.25) is 5.41 Å². The number of halogens is 1. The molecule has 2 aliphatic rings. The van der Waals surface area contributed by atoms with Crippen molar-refractivity contribution in [2.75, 3.05) is 24.5 Å². The van der Waals surface area contributed by atoms with E-state index in [-0.39, 0.29) is 18.4 Å². The van der Waals surface area contributed by atoms with Crippen LogP contribution in [0.2, 0.25) is 0 Å². The van der Waals surface area contributed by atoms with Gasteiger partial charge in [0.25, 0.3) is 0 Å². The Bertz CT molecular complexity index is 721. The Morgan fingerprint density at radius 1 is 1.08 bits per heavy atom. The number of hydrogen-bond donors (Lipinski definition) is 2. The molecule has 1 fully saturated rings. The van der Waals surface area contributed by atoms with Crippen LogP contribution in [0.1, 0.15) is 12.8 Å². The van der Waals surface area contributed by atoms with Gasteiger partial charge in [0.15, 0.2) is 5.96 Å². The normalized spacial score (nSPS) is 18.8. The molecule has 0 amide bonds. The predicted molar refractivity (Wildman–Crippen MR) is 107 cm³/mol. The maximum Gasteiger partial charge on any atom is 0.188 e. The molecule has 0 aliphatic carbocycles. The fourth-order valence-electron chi connectivity index (χ4n) is 3.67. The smallest absolute Gasteiger partial charge is 0.188 e. The van der Waals surface area contributed by atoms with Crippen LogP contribution in [0.3, 0.4) is 0 Å². The van der Waals surface area contributed by atoms with Gasteiger partial charge >= 0.3 is 0 Å². The summed E-state index contributed by atoms with van der Waals surface area (Å²) in [5.41, 5.74) is 8.29. The lowest BCUT2D eigenvalue weighted by Crippen LogP contribution is -2.46. The van der Waals surface area contributed by atoms with E-state index in [4.69, 9.17) is 11.1 Å². The third-order valence-electron chi connectivity index (χ3n) is 4.83. The number of anilines is 2. The van der Waals surface area contributed by atoms with Crippen LogP contribution in [0.5, 0.6) is 0 Å². The number of benzene rings is 2. The van der Waals surface area contributed by atoms with Crippen molar-refractivity contribution in [3.05, 3.63) is 48.5 Å². The molecule has 2 heterocycles. The Labute approximate surface area is 159 Å². The average Bonchev–Trinajstić information content (AvgIpc) is 2.62. The van der Waals surface area contributed by atoms with E-state index in [2.05, 4.69) is 53.4 Å². The molecule has 4 rings (SSSR count). The number of guanidine groups is 1. The van der Waals surface area contributed by atoms with Crippen LogP contribution in [0.25, 0.3) is 0 Å². The molecule has 1 saturated heterocycles. The summed E-state index contributed by atoms with van der Waals surface area (Å²) >= 11 is 1.85. The molecule has 2 aliphatic heterocycles. The minimum absolute atomic E-state index is 0. The van der Waals surface area contributed by atoms with Gasteiger partial charge in [-0.2, -0.15) is 0 Å². The zero-order valence-electron chi connectivity index (χ0n) is 14.0. The number of nitrogens with zero attached hydrogens (tertiary/aromatic N) is 2. The highest BCUT2D eigenvalue weighted by Gasteiger charge is 2.28. The van der Waals surface area contributed by atoms with Crippen molar-refractivity contribution in [3.8, 4) is 0 Å². The molecule has 0 spiro atoms. The zero-order chi connectivity index (χ0) is 16.5. The highest BCUT2D eigenvalue weighted by Crippen LogP contribution is 2.48. The van der Waals surface area contributed by atoms with Crippen LogP contribution in [0, 0.1) is 11.3 Å². The summed E-state index contributed by atoms with van der Waals surface area (Å²) in [6.07, 6.45) is 2.30. The summed E-state index contributed by atoms with van der Waals surface area (Å²) in [6, 6.07) is 17.3. The Morgan fingerprint density at radius 3 is 2.28 bits per heavy atom. The second-order valence-electron chi connectivity index (χ2n) is 6.49. The largest absolute Gasteiger partial charge is 0.370 e.